The monoisotopic (exact) mass is 413 g/mol. The Balaban J connectivity index is 1.64. The number of aromatic nitrogens is 3. The van der Waals surface area contributed by atoms with Crippen molar-refractivity contribution < 1.29 is 4.79 Å². The molecule has 0 saturated carbocycles. The van der Waals surface area contributed by atoms with Crippen LogP contribution in [0, 0.1) is 13.8 Å². The zero-order valence-electron chi connectivity index (χ0n) is 14.9. The first-order valence-electron chi connectivity index (χ1n) is 8.22. The maximum absolute atomic E-state index is 12.1. The third kappa shape index (κ3) is 3.94. The quantitative estimate of drug-likeness (QED) is 0.512. The third-order valence-electron chi connectivity index (χ3n) is 4.12. The van der Waals surface area contributed by atoms with Crippen LogP contribution < -0.4 is 5.43 Å². The Bertz CT molecular complexity index is 939. The van der Waals surface area contributed by atoms with Gasteiger partial charge in [0.2, 0.25) is 0 Å². The number of rotatable bonds is 5. The van der Waals surface area contributed by atoms with Crippen molar-refractivity contribution in [2.75, 3.05) is 0 Å². The van der Waals surface area contributed by atoms with Gasteiger partial charge in [0.05, 0.1) is 21.6 Å². The molecule has 0 bridgehead atoms. The summed E-state index contributed by atoms with van der Waals surface area (Å²) in [5, 5.41) is 8.53. The molecule has 0 atom stereocenters. The zero-order chi connectivity index (χ0) is 18.7. The van der Waals surface area contributed by atoms with Crippen LogP contribution in [0.4, 0.5) is 0 Å². The highest BCUT2D eigenvalue weighted by atomic mass is 79.9. The van der Waals surface area contributed by atoms with Crippen LogP contribution in [0.1, 0.15) is 23.9 Å². The highest BCUT2D eigenvalue weighted by molar-refractivity contribution is 9.10. The van der Waals surface area contributed by atoms with E-state index >= 15 is 0 Å². The molecule has 0 radical (unpaired) electrons. The Morgan fingerprint density at radius 1 is 1.19 bits per heavy atom. The summed E-state index contributed by atoms with van der Waals surface area (Å²) < 4.78 is 4.61. The summed E-state index contributed by atoms with van der Waals surface area (Å²) in [5.74, 6) is -0.216. The lowest BCUT2D eigenvalue weighted by Gasteiger charge is -2.06. The van der Waals surface area contributed by atoms with Crippen LogP contribution in [0.15, 0.2) is 58.4 Å². The highest BCUT2D eigenvalue weighted by Crippen LogP contribution is 2.19. The van der Waals surface area contributed by atoms with Crippen molar-refractivity contribution in [1.82, 2.24) is 19.8 Å². The molecule has 26 heavy (non-hydrogen) atoms. The minimum Gasteiger partial charge on any atom is -0.324 e. The highest BCUT2D eigenvalue weighted by Gasteiger charge is 2.11. The van der Waals surface area contributed by atoms with E-state index in [-0.39, 0.29) is 12.5 Å². The van der Waals surface area contributed by atoms with E-state index < -0.39 is 0 Å². The lowest BCUT2D eigenvalue weighted by Crippen LogP contribution is -2.25. The van der Waals surface area contributed by atoms with Gasteiger partial charge in [-0.1, -0.05) is 12.1 Å². The van der Waals surface area contributed by atoms with E-state index in [1.165, 1.54) is 0 Å². The molecule has 7 heteroatoms. The standard InChI is InChI=1S/C19H20BrN5O/c1-13(16-6-8-17(9-7-16)24-10-4-5-11-24)21-22-18(26)12-25-15(3)19(20)14(2)23-25/h4-11H,12H2,1-3H3,(H,22,26). The molecule has 6 nitrogen and oxygen atoms in total. The molecule has 0 saturated heterocycles. The smallest absolute Gasteiger partial charge is 0.261 e. The Kier molecular flexibility index (Phi) is 5.37. The number of nitrogens with one attached hydrogen (secondary N) is 1. The van der Waals surface area contributed by atoms with Gasteiger partial charge in [-0.15, -0.1) is 0 Å². The molecule has 0 aliphatic rings. The number of hydrogen-bond donors (Lipinski definition) is 1. The Morgan fingerprint density at radius 3 is 2.42 bits per heavy atom. The molecule has 2 aromatic heterocycles. The second-order valence-electron chi connectivity index (χ2n) is 6.01. The van der Waals surface area contributed by atoms with Gasteiger partial charge in [-0.25, -0.2) is 5.43 Å². The van der Waals surface area contributed by atoms with Crippen LogP contribution in [0.2, 0.25) is 0 Å². The largest absolute Gasteiger partial charge is 0.324 e. The Hall–Kier alpha value is -2.67. The fraction of sp³-hybridized carbons (Fsp3) is 0.211. The van der Waals surface area contributed by atoms with E-state index in [0.29, 0.717) is 0 Å². The van der Waals surface area contributed by atoms with Crippen molar-refractivity contribution in [3.05, 3.63) is 70.2 Å². The van der Waals surface area contributed by atoms with Gasteiger partial charge in [0.15, 0.2) is 0 Å². The summed E-state index contributed by atoms with van der Waals surface area (Å²) >= 11 is 3.46. The number of benzene rings is 1. The second-order valence-corrected chi connectivity index (χ2v) is 6.80. The Labute approximate surface area is 160 Å². The van der Waals surface area contributed by atoms with Gasteiger partial charge in [0.1, 0.15) is 6.54 Å². The van der Waals surface area contributed by atoms with E-state index in [9.17, 15) is 4.79 Å². The van der Waals surface area contributed by atoms with E-state index in [4.69, 9.17) is 0 Å². The summed E-state index contributed by atoms with van der Waals surface area (Å²) in [7, 11) is 0. The maximum Gasteiger partial charge on any atom is 0.261 e. The van der Waals surface area contributed by atoms with Crippen LogP contribution >= 0.6 is 15.9 Å². The number of amides is 1. The molecule has 1 N–H and O–H groups in total. The topological polar surface area (TPSA) is 64.2 Å². The molecule has 0 aliphatic heterocycles. The molecule has 2 heterocycles. The van der Waals surface area contributed by atoms with Crippen LogP contribution in [0.5, 0.6) is 0 Å². The first-order chi connectivity index (χ1) is 12.5. The van der Waals surface area contributed by atoms with E-state index in [1.54, 1.807) is 4.68 Å². The molecule has 0 fully saturated rings. The number of hydrazone groups is 1. The van der Waals surface area contributed by atoms with E-state index in [1.807, 2.05) is 74.1 Å². The summed E-state index contributed by atoms with van der Waals surface area (Å²) in [6, 6.07) is 12.0. The lowest BCUT2D eigenvalue weighted by atomic mass is 10.1. The first kappa shape index (κ1) is 18.1. The average Bonchev–Trinajstić information content (AvgIpc) is 3.26. The maximum atomic E-state index is 12.1. The summed E-state index contributed by atoms with van der Waals surface area (Å²) in [6.45, 7) is 5.80. The molecule has 0 unspecified atom stereocenters. The van der Waals surface area contributed by atoms with Gasteiger partial charge in [-0.05, 0) is 66.5 Å². The third-order valence-corrected chi connectivity index (χ3v) is 5.27. The van der Waals surface area contributed by atoms with Crippen LogP contribution in [-0.2, 0) is 11.3 Å². The fourth-order valence-electron chi connectivity index (χ4n) is 2.59. The van der Waals surface area contributed by atoms with Crippen LogP contribution in [0.3, 0.4) is 0 Å². The van der Waals surface area contributed by atoms with Crippen molar-refractivity contribution in [2.45, 2.75) is 27.3 Å². The van der Waals surface area contributed by atoms with Gasteiger partial charge in [0, 0.05) is 18.1 Å². The van der Waals surface area contributed by atoms with Crippen molar-refractivity contribution in [3.63, 3.8) is 0 Å². The molecule has 1 amide bonds. The zero-order valence-corrected chi connectivity index (χ0v) is 16.5. The number of carbonyl (C=O) groups is 1. The van der Waals surface area contributed by atoms with Crippen molar-refractivity contribution >= 4 is 27.5 Å². The van der Waals surface area contributed by atoms with Gasteiger partial charge >= 0.3 is 0 Å². The minimum absolute atomic E-state index is 0.127. The number of halogens is 1. The van der Waals surface area contributed by atoms with Crippen LogP contribution in [0.25, 0.3) is 5.69 Å². The molecular formula is C19H20BrN5O. The molecule has 1 aromatic carbocycles. The van der Waals surface area contributed by atoms with Crippen LogP contribution in [-0.4, -0.2) is 26.0 Å². The van der Waals surface area contributed by atoms with Gasteiger partial charge in [0.25, 0.3) is 5.91 Å². The molecular weight excluding hydrogens is 394 g/mol. The molecule has 0 aliphatic carbocycles. The van der Waals surface area contributed by atoms with Gasteiger partial charge in [-0.2, -0.15) is 10.2 Å². The van der Waals surface area contributed by atoms with Gasteiger partial charge < -0.3 is 4.57 Å². The SMILES string of the molecule is CC(=NNC(=O)Cn1nc(C)c(Br)c1C)c1ccc(-n2cccc2)cc1. The van der Waals surface area contributed by atoms with E-state index in [2.05, 4.69) is 31.6 Å². The lowest BCUT2D eigenvalue weighted by molar-refractivity contribution is -0.121. The molecule has 134 valence electrons. The first-order valence-corrected chi connectivity index (χ1v) is 9.01. The van der Waals surface area contributed by atoms with Crippen molar-refractivity contribution in [3.8, 4) is 5.69 Å². The number of aryl methyl sites for hydroxylation is 1. The fourth-order valence-corrected chi connectivity index (χ4v) is 2.88. The van der Waals surface area contributed by atoms with E-state index in [0.717, 1.165) is 32.8 Å². The molecule has 3 aromatic rings. The predicted molar refractivity (Wildman–Crippen MR) is 106 cm³/mol. The number of hydrogen-bond acceptors (Lipinski definition) is 3. The Morgan fingerprint density at radius 2 is 1.85 bits per heavy atom. The average molecular weight is 414 g/mol. The summed E-state index contributed by atoms with van der Waals surface area (Å²) in [6.07, 6.45) is 3.99. The normalized spacial score (nSPS) is 11.6. The number of carbonyl (C=O) groups excluding carboxylic acids is 1. The second kappa shape index (κ2) is 7.70. The summed E-state index contributed by atoms with van der Waals surface area (Å²) in [4.78, 5) is 12.1. The predicted octanol–water partition coefficient (Wildman–Crippen LogP) is 3.59. The minimum atomic E-state index is -0.216. The van der Waals surface area contributed by atoms with Gasteiger partial charge in [-0.3, -0.25) is 9.48 Å². The molecule has 0 spiro atoms. The summed E-state index contributed by atoms with van der Waals surface area (Å²) in [5.41, 5.74) is 7.14. The van der Waals surface area contributed by atoms with Crippen molar-refractivity contribution in [2.24, 2.45) is 5.10 Å². The molecule has 3 rings (SSSR count). The van der Waals surface area contributed by atoms with Crippen molar-refractivity contribution in [1.29, 1.82) is 0 Å². The number of nitrogens with zero attached hydrogens (tertiary/aromatic N) is 4.